The van der Waals surface area contributed by atoms with Crippen LogP contribution in [0.3, 0.4) is 0 Å². The van der Waals surface area contributed by atoms with Gasteiger partial charge in [0.05, 0.1) is 5.69 Å². The molecule has 1 aliphatic rings. The van der Waals surface area contributed by atoms with E-state index in [4.69, 9.17) is 4.74 Å². The summed E-state index contributed by atoms with van der Waals surface area (Å²) in [5.74, 6) is 0.109. The van der Waals surface area contributed by atoms with Gasteiger partial charge in [0, 0.05) is 12.2 Å². The Morgan fingerprint density at radius 2 is 1.89 bits per heavy atom. The first kappa shape index (κ1) is 19.9. The van der Waals surface area contributed by atoms with E-state index in [-0.39, 0.29) is 6.42 Å². The summed E-state index contributed by atoms with van der Waals surface area (Å²) in [6.45, 7) is 5.84. The number of para-hydroxylation sites is 1. The van der Waals surface area contributed by atoms with Crippen LogP contribution in [-0.2, 0) is 14.8 Å². The minimum atomic E-state index is -3.87. The van der Waals surface area contributed by atoms with E-state index >= 15 is 0 Å². The molecular formula is C21H24N2O4S. The lowest BCUT2D eigenvalue weighted by Crippen LogP contribution is -2.57. The molecule has 28 heavy (non-hydrogen) atoms. The zero-order chi connectivity index (χ0) is 20.2. The van der Waals surface area contributed by atoms with Crippen LogP contribution in [0.15, 0.2) is 67.3 Å². The molecule has 7 heteroatoms. The molecule has 1 atom stereocenters. The van der Waals surface area contributed by atoms with Crippen molar-refractivity contribution in [1.29, 1.82) is 0 Å². The fraction of sp³-hybridized carbons (Fsp3) is 0.286. The maximum Gasteiger partial charge on any atom is 0.249 e. The second kappa shape index (κ2) is 8.06. The molecule has 1 N–H and O–H groups in total. The summed E-state index contributed by atoms with van der Waals surface area (Å²) in [7, 11) is -3.87. The number of benzene rings is 2. The Bertz CT molecular complexity index is 942. The number of carbonyl (C=O) groups excluding carboxylic acids is 1. The number of nitrogens with zero attached hydrogens (tertiary/aromatic N) is 1. The Labute approximate surface area is 165 Å². The van der Waals surface area contributed by atoms with Crippen LogP contribution in [0.1, 0.15) is 19.8 Å². The van der Waals surface area contributed by atoms with Crippen molar-refractivity contribution >= 4 is 27.3 Å². The van der Waals surface area contributed by atoms with Crippen molar-refractivity contribution < 1.29 is 17.9 Å². The standard InChI is InChI=1S/C21H24N2O4S/c1-3-16-27-19-12-10-17(11-13-19)22-20(24)21(2)14-7-15-23(28(21,25)26)18-8-5-4-6-9-18/h3-6,8-13H,1,7,14-16H2,2H3,(H,22,24). The van der Waals surface area contributed by atoms with E-state index in [1.54, 1.807) is 54.6 Å². The molecule has 148 valence electrons. The van der Waals surface area contributed by atoms with Gasteiger partial charge in [-0.05, 0) is 56.2 Å². The fourth-order valence-electron chi connectivity index (χ4n) is 3.20. The average molecular weight is 400 g/mol. The van der Waals surface area contributed by atoms with Crippen LogP contribution < -0.4 is 14.4 Å². The monoisotopic (exact) mass is 400 g/mol. The summed E-state index contributed by atoms with van der Waals surface area (Å²) in [6, 6.07) is 15.7. The lowest BCUT2D eigenvalue weighted by molar-refractivity contribution is -0.118. The fourth-order valence-corrected chi connectivity index (χ4v) is 5.14. The number of nitrogens with one attached hydrogen (secondary N) is 1. The van der Waals surface area contributed by atoms with Gasteiger partial charge in [0.1, 0.15) is 12.4 Å². The van der Waals surface area contributed by atoms with Gasteiger partial charge in [-0.25, -0.2) is 8.42 Å². The molecule has 1 aliphatic heterocycles. The SMILES string of the molecule is C=CCOc1ccc(NC(=O)C2(C)CCCN(c3ccccc3)S2(=O)=O)cc1. The Balaban J connectivity index is 1.80. The molecule has 0 bridgehead atoms. The van der Waals surface area contributed by atoms with E-state index in [1.807, 2.05) is 6.07 Å². The molecule has 1 amide bonds. The van der Waals surface area contributed by atoms with Gasteiger partial charge in [-0.3, -0.25) is 9.10 Å². The van der Waals surface area contributed by atoms with Crippen molar-refractivity contribution in [2.24, 2.45) is 0 Å². The predicted molar refractivity (Wildman–Crippen MR) is 111 cm³/mol. The highest BCUT2D eigenvalue weighted by atomic mass is 32.2. The van der Waals surface area contributed by atoms with Gasteiger partial charge in [0.15, 0.2) is 4.75 Å². The van der Waals surface area contributed by atoms with Crippen LogP contribution >= 0.6 is 0 Å². The minimum absolute atomic E-state index is 0.269. The molecule has 1 fully saturated rings. The largest absolute Gasteiger partial charge is 0.490 e. The van der Waals surface area contributed by atoms with Gasteiger partial charge >= 0.3 is 0 Å². The molecule has 1 saturated heterocycles. The van der Waals surface area contributed by atoms with E-state index in [0.717, 1.165) is 0 Å². The predicted octanol–water partition coefficient (Wildman–Crippen LogP) is 3.58. The molecule has 0 saturated carbocycles. The van der Waals surface area contributed by atoms with Crippen molar-refractivity contribution in [1.82, 2.24) is 0 Å². The van der Waals surface area contributed by atoms with E-state index < -0.39 is 20.7 Å². The number of anilines is 2. The number of hydrogen-bond acceptors (Lipinski definition) is 4. The van der Waals surface area contributed by atoms with Gasteiger partial charge in [0.25, 0.3) is 0 Å². The lowest BCUT2D eigenvalue weighted by Gasteiger charge is -2.39. The number of hydrogen-bond donors (Lipinski definition) is 1. The van der Waals surface area contributed by atoms with Gasteiger partial charge in [-0.1, -0.05) is 30.9 Å². The summed E-state index contributed by atoms with van der Waals surface area (Å²) in [5.41, 5.74) is 1.09. The first-order valence-electron chi connectivity index (χ1n) is 9.11. The van der Waals surface area contributed by atoms with E-state index in [0.29, 0.717) is 36.7 Å². The number of rotatable bonds is 6. The summed E-state index contributed by atoms with van der Waals surface area (Å²) in [5, 5.41) is 2.74. The van der Waals surface area contributed by atoms with E-state index in [1.165, 1.54) is 11.2 Å². The first-order valence-corrected chi connectivity index (χ1v) is 10.5. The molecular weight excluding hydrogens is 376 g/mol. The third-order valence-corrected chi connectivity index (χ3v) is 7.38. The third kappa shape index (κ3) is 3.75. The normalized spacial score (nSPS) is 21.0. The topological polar surface area (TPSA) is 75.7 Å². The summed E-state index contributed by atoms with van der Waals surface area (Å²) in [4.78, 5) is 13.0. The zero-order valence-corrected chi connectivity index (χ0v) is 16.6. The average Bonchev–Trinajstić information content (AvgIpc) is 2.70. The highest BCUT2D eigenvalue weighted by Gasteiger charge is 2.51. The second-order valence-electron chi connectivity index (χ2n) is 6.83. The Kier molecular flexibility index (Phi) is 5.74. The van der Waals surface area contributed by atoms with Crippen LogP contribution in [-0.4, -0.2) is 32.2 Å². The van der Waals surface area contributed by atoms with Crippen LogP contribution in [0.4, 0.5) is 11.4 Å². The zero-order valence-electron chi connectivity index (χ0n) is 15.8. The lowest BCUT2D eigenvalue weighted by atomic mass is 10.0. The number of carbonyl (C=O) groups is 1. The van der Waals surface area contributed by atoms with Crippen LogP contribution in [0.25, 0.3) is 0 Å². The molecule has 2 aromatic carbocycles. The summed E-state index contributed by atoms with van der Waals surface area (Å²) >= 11 is 0. The van der Waals surface area contributed by atoms with Gasteiger partial charge in [-0.2, -0.15) is 0 Å². The van der Waals surface area contributed by atoms with Crippen LogP contribution in [0.5, 0.6) is 5.75 Å². The Morgan fingerprint density at radius 3 is 2.54 bits per heavy atom. The molecule has 1 heterocycles. The highest BCUT2D eigenvalue weighted by molar-refractivity contribution is 7.95. The molecule has 0 aromatic heterocycles. The first-order chi connectivity index (χ1) is 13.4. The van der Waals surface area contributed by atoms with Crippen molar-refractivity contribution in [3.05, 3.63) is 67.3 Å². The molecule has 3 rings (SSSR count). The number of sulfonamides is 1. The molecule has 0 radical (unpaired) electrons. The third-order valence-electron chi connectivity index (χ3n) is 4.88. The Hall–Kier alpha value is -2.80. The maximum absolute atomic E-state index is 13.3. The minimum Gasteiger partial charge on any atom is -0.490 e. The van der Waals surface area contributed by atoms with E-state index in [9.17, 15) is 13.2 Å². The highest BCUT2D eigenvalue weighted by Crippen LogP contribution is 2.36. The molecule has 6 nitrogen and oxygen atoms in total. The number of ether oxygens (including phenoxy) is 1. The van der Waals surface area contributed by atoms with Crippen LogP contribution in [0, 0.1) is 0 Å². The van der Waals surface area contributed by atoms with Crippen molar-refractivity contribution in [3.8, 4) is 5.75 Å². The molecule has 2 aromatic rings. The van der Waals surface area contributed by atoms with Crippen molar-refractivity contribution in [3.63, 3.8) is 0 Å². The van der Waals surface area contributed by atoms with Gasteiger partial charge in [0.2, 0.25) is 15.9 Å². The van der Waals surface area contributed by atoms with E-state index in [2.05, 4.69) is 11.9 Å². The van der Waals surface area contributed by atoms with Crippen molar-refractivity contribution in [2.75, 3.05) is 22.8 Å². The van der Waals surface area contributed by atoms with Gasteiger partial charge in [-0.15, -0.1) is 0 Å². The second-order valence-corrected chi connectivity index (χ2v) is 9.12. The van der Waals surface area contributed by atoms with Crippen molar-refractivity contribution in [2.45, 2.75) is 24.5 Å². The van der Waals surface area contributed by atoms with Crippen LogP contribution in [0.2, 0.25) is 0 Å². The number of amides is 1. The molecule has 0 spiro atoms. The quantitative estimate of drug-likeness (QED) is 0.752. The summed E-state index contributed by atoms with van der Waals surface area (Å²) < 4.78 is 31.8. The summed E-state index contributed by atoms with van der Waals surface area (Å²) in [6.07, 6.45) is 2.51. The Morgan fingerprint density at radius 1 is 1.21 bits per heavy atom. The smallest absolute Gasteiger partial charge is 0.249 e. The molecule has 0 aliphatic carbocycles. The van der Waals surface area contributed by atoms with Gasteiger partial charge < -0.3 is 10.1 Å². The maximum atomic E-state index is 13.3. The molecule has 1 unspecified atom stereocenters.